The maximum Gasteiger partial charge on any atom is 0.282 e. The van der Waals surface area contributed by atoms with Crippen LogP contribution in [0, 0.1) is 5.82 Å². The van der Waals surface area contributed by atoms with Crippen LogP contribution < -0.4 is 10.3 Å². The number of pyridine rings is 1. The zero-order valence-corrected chi connectivity index (χ0v) is 19.9. The number of carbonyl (C=O) groups excluding carboxylic acids is 1. The minimum Gasteiger partial charge on any atom is -0.331 e. The van der Waals surface area contributed by atoms with Crippen molar-refractivity contribution in [2.75, 3.05) is 0 Å². The van der Waals surface area contributed by atoms with Crippen LogP contribution in [-0.2, 0) is 23.0 Å². The maximum atomic E-state index is 14.6. The van der Waals surface area contributed by atoms with Crippen LogP contribution in [0.5, 0.6) is 0 Å². The van der Waals surface area contributed by atoms with Gasteiger partial charge in [-0.1, -0.05) is 31.2 Å². The van der Waals surface area contributed by atoms with Gasteiger partial charge in [0.1, 0.15) is 11.5 Å². The molecule has 1 fully saturated rings. The van der Waals surface area contributed by atoms with E-state index in [1.165, 1.54) is 12.3 Å². The Kier molecular flexibility index (Phi) is 5.80. The molecule has 1 aliphatic rings. The molecule has 0 bridgehead atoms. The lowest BCUT2D eigenvalue weighted by atomic mass is 10.0. The molecule has 0 saturated heterocycles. The lowest BCUT2D eigenvalue weighted by Gasteiger charge is -2.13. The summed E-state index contributed by atoms with van der Waals surface area (Å²) in [6.45, 7) is 1.97. The molecule has 4 aromatic rings. The third kappa shape index (κ3) is 4.27. The first-order valence-electron chi connectivity index (χ1n) is 11.4. The van der Waals surface area contributed by atoms with E-state index in [9.17, 15) is 22.4 Å². The number of aromatic amines is 1. The van der Waals surface area contributed by atoms with Crippen molar-refractivity contribution in [3.05, 3.63) is 93.8 Å². The van der Waals surface area contributed by atoms with Crippen molar-refractivity contribution < 1.29 is 17.6 Å². The van der Waals surface area contributed by atoms with Gasteiger partial charge >= 0.3 is 0 Å². The second-order valence-corrected chi connectivity index (χ2v) is 10.7. The van der Waals surface area contributed by atoms with Crippen LogP contribution >= 0.6 is 0 Å². The van der Waals surface area contributed by atoms with Crippen LogP contribution in [0.4, 0.5) is 4.39 Å². The highest BCUT2D eigenvalue weighted by Crippen LogP contribution is 2.36. The molecule has 0 unspecified atom stereocenters. The third-order valence-corrected chi connectivity index (χ3v) is 8.14. The number of amides is 1. The fraction of sp³-hybridized carbons (Fsp3) is 0.231. The monoisotopic (exact) mass is 493 g/mol. The number of nitrogens with zero attached hydrogens (tertiary/aromatic N) is 1. The molecular weight excluding hydrogens is 469 g/mol. The Balaban J connectivity index is 1.81. The normalized spacial score (nSPS) is 13.8. The first-order chi connectivity index (χ1) is 16.8. The standard InChI is InChI=1S/C26H24FN3O4S/c1-2-16-9-12-22-20(14-16)23(19-7-5-13-28-25(19)31)24(26(32)29-35(33,34)18-10-11-18)30(22)15-17-6-3-4-8-21(17)27/h3-9,12-14,18H,2,10-11,15H2,1H3,(H,28,31)(H,29,32). The molecule has 0 spiro atoms. The summed E-state index contributed by atoms with van der Waals surface area (Å²) < 4.78 is 43.8. The van der Waals surface area contributed by atoms with E-state index in [1.807, 2.05) is 25.1 Å². The van der Waals surface area contributed by atoms with Crippen molar-refractivity contribution in [2.24, 2.45) is 0 Å². The van der Waals surface area contributed by atoms with Gasteiger partial charge in [0.25, 0.3) is 11.5 Å². The van der Waals surface area contributed by atoms with Gasteiger partial charge in [-0.05, 0) is 55.2 Å². The molecule has 2 aromatic heterocycles. The number of rotatable bonds is 7. The summed E-state index contributed by atoms with van der Waals surface area (Å²) in [7, 11) is -3.86. The van der Waals surface area contributed by atoms with E-state index in [0.717, 1.165) is 12.0 Å². The highest BCUT2D eigenvalue weighted by molar-refractivity contribution is 7.91. The molecule has 0 radical (unpaired) electrons. The molecule has 7 nitrogen and oxygen atoms in total. The average molecular weight is 494 g/mol. The summed E-state index contributed by atoms with van der Waals surface area (Å²) in [6.07, 6.45) is 3.19. The zero-order valence-electron chi connectivity index (χ0n) is 19.0. The minimum atomic E-state index is -3.86. The molecule has 180 valence electrons. The van der Waals surface area contributed by atoms with E-state index < -0.39 is 32.6 Å². The van der Waals surface area contributed by atoms with Crippen LogP contribution in [0.2, 0.25) is 0 Å². The highest BCUT2D eigenvalue weighted by Gasteiger charge is 2.38. The predicted octanol–water partition coefficient (Wildman–Crippen LogP) is 3.97. The van der Waals surface area contributed by atoms with Gasteiger partial charge in [-0.15, -0.1) is 0 Å². The van der Waals surface area contributed by atoms with Crippen molar-refractivity contribution in [3.8, 4) is 11.1 Å². The largest absolute Gasteiger partial charge is 0.331 e. The molecule has 35 heavy (non-hydrogen) atoms. The van der Waals surface area contributed by atoms with E-state index in [1.54, 1.807) is 34.9 Å². The Bertz CT molecular complexity index is 1620. The van der Waals surface area contributed by atoms with Crippen molar-refractivity contribution in [1.29, 1.82) is 0 Å². The van der Waals surface area contributed by atoms with Gasteiger partial charge in [-0.25, -0.2) is 17.5 Å². The van der Waals surface area contributed by atoms with Crippen molar-refractivity contribution in [1.82, 2.24) is 14.3 Å². The van der Waals surface area contributed by atoms with Gasteiger partial charge in [0.05, 0.1) is 11.8 Å². The third-order valence-electron chi connectivity index (χ3n) is 6.32. The van der Waals surface area contributed by atoms with Gasteiger partial charge in [0.15, 0.2) is 0 Å². The first kappa shape index (κ1) is 23.0. The summed E-state index contributed by atoms with van der Waals surface area (Å²) in [5.41, 5.74) is 2.03. The quantitative estimate of drug-likeness (QED) is 0.407. The number of aromatic nitrogens is 2. The van der Waals surface area contributed by atoms with E-state index in [4.69, 9.17) is 0 Å². The van der Waals surface area contributed by atoms with Crippen molar-refractivity contribution in [2.45, 2.75) is 38.0 Å². The molecule has 1 amide bonds. The lowest BCUT2D eigenvalue weighted by molar-refractivity contribution is 0.0974. The molecule has 5 rings (SSSR count). The number of H-pyrrole nitrogens is 1. The summed E-state index contributed by atoms with van der Waals surface area (Å²) in [5.74, 6) is -1.30. The highest BCUT2D eigenvalue weighted by atomic mass is 32.2. The van der Waals surface area contributed by atoms with Gasteiger partial charge in [0.2, 0.25) is 10.0 Å². The predicted molar refractivity (Wildman–Crippen MR) is 132 cm³/mol. The Hall–Kier alpha value is -3.72. The maximum absolute atomic E-state index is 14.6. The number of halogens is 1. The van der Waals surface area contributed by atoms with E-state index in [0.29, 0.717) is 34.9 Å². The summed E-state index contributed by atoms with van der Waals surface area (Å²) in [5, 5.41) is 0.0116. The number of hydrogen-bond acceptors (Lipinski definition) is 4. The number of nitrogens with one attached hydrogen (secondary N) is 2. The molecular formula is C26H24FN3O4S. The summed E-state index contributed by atoms with van der Waals surface area (Å²) >= 11 is 0. The van der Waals surface area contributed by atoms with Gasteiger partial charge in [-0.3, -0.25) is 9.59 Å². The number of benzene rings is 2. The van der Waals surface area contributed by atoms with Crippen molar-refractivity contribution >= 4 is 26.8 Å². The molecule has 1 saturated carbocycles. The van der Waals surface area contributed by atoms with Crippen LogP contribution in [-0.4, -0.2) is 29.1 Å². The Morgan fingerprint density at radius 1 is 1.14 bits per heavy atom. The number of carbonyl (C=O) groups is 1. The number of sulfonamides is 1. The smallest absolute Gasteiger partial charge is 0.282 e. The fourth-order valence-corrected chi connectivity index (χ4v) is 5.63. The molecule has 2 aromatic carbocycles. The Morgan fingerprint density at radius 3 is 2.60 bits per heavy atom. The minimum absolute atomic E-state index is 0.00238. The molecule has 0 aliphatic heterocycles. The molecule has 1 aliphatic carbocycles. The topological polar surface area (TPSA) is 101 Å². The Labute approximate surface area is 201 Å². The number of fused-ring (bicyclic) bond motifs is 1. The fourth-order valence-electron chi connectivity index (χ4n) is 4.35. The molecule has 2 heterocycles. The van der Waals surface area contributed by atoms with Crippen molar-refractivity contribution in [3.63, 3.8) is 0 Å². The molecule has 0 atom stereocenters. The average Bonchev–Trinajstić information content (AvgIpc) is 3.65. The SMILES string of the molecule is CCc1ccc2c(c1)c(-c1ccc[nH]c1=O)c(C(=O)NS(=O)(=O)C1CC1)n2Cc1ccccc1F. The van der Waals surface area contributed by atoms with Crippen LogP contribution in [0.1, 0.15) is 41.4 Å². The number of hydrogen-bond donors (Lipinski definition) is 2. The lowest BCUT2D eigenvalue weighted by Crippen LogP contribution is -2.35. The van der Waals surface area contributed by atoms with E-state index >= 15 is 0 Å². The van der Waals surface area contributed by atoms with Crippen LogP contribution in [0.3, 0.4) is 0 Å². The molecule has 2 N–H and O–H groups in total. The van der Waals surface area contributed by atoms with Gasteiger partial charge in [-0.2, -0.15) is 0 Å². The van der Waals surface area contributed by atoms with E-state index in [-0.39, 0.29) is 17.8 Å². The Morgan fingerprint density at radius 2 is 1.91 bits per heavy atom. The van der Waals surface area contributed by atoms with Gasteiger partial charge < -0.3 is 9.55 Å². The number of aryl methyl sites for hydroxylation is 1. The summed E-state index contributed by atoms with van der Waals surface area (Å²) in [6, 6.07) is 15.1. The second-order valence-electron chi connectivity index (χ2n) is 8.69. The van der Waals surface area contributed by atoms with Crippen LogP contribution in [0.25, 0.3) is 22.0 Å². The first-order valence-corrected chi connectivity index (χ1v) is 13.0. The van der Waals surface area contributed by atoms with E-state index in [2.05, 4.69) is 9.71 Å². The van der Waals surface area contributed by atoms with Crippen LogP contribution in [0.15, 0.2) is 65.6 Å². The zero-order chi connectivity index (χ0) is 24.7. The summed E-state index contributed by atoms with van der Waals surface area (Å²) in [4.78, 5) is 29.1. The second kappa shape index (κ2) is 8.81. The van der Waals surface area contributed by atoms with Gasteiger partial charge in [0, 0.05) is 33.8 Å². The molecule has 9 heteroatoms.